The van der Waals surface area contributed by atoms with Gasteiger partial charge in [0.05, 0.1) is 12.7 Å². The maximum atomic E-state index is 9.55. The molecule has 1 aliphatic heterocycles. The predicted molar refractivity (Wildman–Crippen MR) is 74.8 cm³/mol. The number of nitriles is 1. The van der Waals surface area contributed by atoms with E-state index in [0.29, 0.717) is 12.2 Å². The van der Waals surface area contributed by atoms with Crippen molar-refractivity contribution >= 4 is 23.9 Å². The monoisotopic (exact) mass is 300 g/mol. The summed E-state index contributed by atoms with van der Waals surface area (Å²) in [7, 11) is 2.03. The molecule has 1 heterocycles. The third-order valence-corrected chi connectivity index (χ3v) is 3.11. The number of quaternary nitrogens is 1. The van der Waals surface area contributed by atoms with E-state index >= 15 is 0 Å². The molecule has 110 valence electrons. The second-order valence-corrected chi connectivity index (χ2v) is 5.16. The standard InChI is InChI=1S/C8H14N3S.C4H4O4/c1-3-5-11(12-7-9)6-4-10(2)8-11;5-3(6)1-2-4(7)8/h4,6H,3,5,8H2,1-2H3;1-2H,(H,5,6)(H,7,8)/q+1;/b;2-1-. The lowest BCUT2D eigenvalue weighted by atomic mass is 10.4. The lowest BCUT2D eigenvalue weighted by Gasteiger charge is -2.25. The Labute approximate surface area is 122 Å². The van der Waals surface area contributed by atoms with Crippen LogP contribution in [0.2, 0.25) is 0 Å². The quantitative estimate of drug-likeness (QED) is 0.343. The summed E-state index contributed by atoms with van der Waals surface area (Å²) in [4.78, 5) is 21.2. The molecule has 7 nitrogen and oxygen atoms in total. The zero-order valence-corrected chi connectivity index (χ0v) is 12.2. The summed E-state index contributed by atoms with van der Waals surface area (Å²) >= 11 is 1.33. The van der Waals surface area contributed by atoms with Gasteiger partial charge in [-0.2, -0.15) is 5.26 Å². The van der Waals surface area contributed by atoms with Gasteiger partial charge in [0.25, 0.3) is 0 Å². The third kappa shape index (κ3) is 7.45. The molecule has 2 N–H and O–H groups in total. The van der Waals surface area contributed by atoms with Crippen LogP contribution in [-0.2, 0) is 9.59 Å². The van der Waals surface area contributed by atoms with E-state index in [1.54, 1.807) is 0 Å². The van der Waals surface area contributed by atoms with Crippen LogP contribution in [0, 0.1) is 10.7 Å². The van der Waals surface area contributed by atoms with Crippen molar-refractivity contribution in [1.82, 2.24) is 4.90 Å². The van der Waals surface area contributed by atoms with E-state index < -0.39 is 11.9 Å². The van der Waals surface area contributed by atoms with Crippen LogP contribution in [0.5, 0.6) is 0 Å². The van der Waals surface area contributed by atoms with Crippen molar-refractivity contribution in [2.45, 2.75) is 13.3 Å². The minimum absolute atomic E-state index is 0.558. The fourth-order valence-corrected chi connectivity index (χ4v) is 2.35. The Morgan fingerprint density at radius 2 is 2.00 bits per heavy atom. The second kappa shape index (κ2) is 9.01. The number of thiocyanates is 1. The highest BCUT2D eigenvalue weighted by Crippen LogP contribution is 2.28. The van der Waals surface area contributed by atoms with Crippen LogP contribution in [0.3, 0.4) is 0 Å². The van der Waals surface area contributed by atoms with Gasteiger partial charge in [0.2, 0.25) is 11.9 Å². The molecular weight excluding hydrogens is 282 g/mol. The number of rotatable bonds is 5. The van der Waals surface area contributed by atoms with Crippen molar-refractivity contribution in [3.8, 4) is 5.40 Å². The molecule has 0 aromatic rings. The van der Waals surface area contributed by atoms with Gasteiger partial charge in [-0.05, 0) is 6.42 Å². The second-order valence-electron chi connectivity index (χ2n) is 4.06. The van der Waals surface area contributed by atoms with Crippen LogP contribution in [0.4, 0.5) is 0 Å². The van der Waals surface area contributed by atoms with Gasteiger partial charge < -0.3 is 15.1 Å². The molecule has 0 bridgehead atoms. The minimum Gasteiger partial charge on any atom is -0.478 e. The average Bonchev–Trinajstić information content (AvgIpc) is 2.70. The van der Waals surface area contributed by atoms with Gasteiger partial charge in [0, 0.05) is 19.2 Å². The molecule has 0 saturated carbocycles. The zero-order valence-electron chi connectivity index (χ0n) is 11.4. The van der Waals surface area contributed by atoms with Crippen molar-refractivity contribution in [3.63, 3.8) is 0 Å². The topological polar surface area (TPSA) is 102 Å². The Kier molecular flexibility index (Phi) is 8.12. The number of carboxylic acids is 2. The van der Waals surface area contributed by atoms with Crippen LogP contribution in [0.1, 0.15) is 13.3 Å². The first-order valence-corrected chi connectivity index (χ1v) is 6.60. The normalized spacial score (nSPS) is 20.4. The average molecular weight is 300 g/mol. The number of carbonyl (C=O) groups is 2. The van der Waals surface area contributed by atoms with Crippen molar-refractivity contribution in [3.05, 3.63) is 24.6 Å². The molecule has 0 fully saturated rings. The molecule has 20 heavy (non-hydrogen) atoms. The highest BCUT2D eigenvalue weighted by molar-refractivity contribution is 7.98. The van der Waals surface area contributed by atoms with E-state index in [2.05, 4.69) is 23.4 Å². The minimum atomic E-state index is -1.26. The predicted octanol–water partition coefficient (Wildman–Crippen LogP) is 1.43. The molecule has 0 aliphatic carbocycles. The molecule has 1 aliphatic rings. The molecule has 0 amide bonds. The first-order chi connectivity index (χ1) is 9.35. The summed E-state index contributed by atoms with van der Waals surface area (Å²) in [6.45, 7) is 4.08. The fourth-order valence-electron chi connectivity index (χ4n) is 1.56. The van der Waals surface area contributed by atoms with E-state index in [1.807, 2.05) is 13.2 Å². The molecule has 1 rings (SSSR count). The van der Waals surface area contributed by atoms with E-state index in [0.717, 1.165) is 23.5 Å². The summed E-state index contributed by atoms with van der Waals surface area (Å²) < 4.78 is 0.726. The Bertz CT molecular complexity index is 428. The largest absolute Gasteiger partial charge is 0.478 e. The van der Waals surface area contributed by atoms with E-state index in [9.17, 15) is 9.59 Å². The zero-order chi connectivity index (χ0) is 15.6. The van der Waals surface area contributed by atoms with Gasteiger partial charge in [0.15, 0.2) is 12.1 Å². The Morgan fingerprint density at radius 1 is 1.45 bits per heavy atom. The lowest BCUT2D eigenvalue weighted by molar-refractivity contribution is -0.741. The highest BCUT2D eigenvalue weighted by Gasteiger charge is 2.31. The molecule has 0 saturated heterocycles. The maximum Gasteiger partial charge on any atom is 0.328 e. The first kappa shape index (κ1) is 18.0. The van der Waals surface area contributed by atoms with Gasteiger partial charge in [-0.1, -0.05) is 6.92 Å². The molecule has 0 spiro atoms. The molecule has 8 heteroatoms. The van der Waals surface area contributed by atoms with Gasteiger partial charge >= 0.3 is 11.9 Å². The summed E-state index contributed by atoms with van der Waals surface area (Å²) in [5.74, 6) is -2.51. The van der Waals surface area contributed by atoms with Crippen LogP contribution in [-0.4, -0.2) is 51.2 Å². The maximum absolute atomic E-state index is 9.55. The van der Waals surface area contributed by atoms with Crippen molar-refractivity contribution in [2.75, 3.05) is 20.3 Å². The molecule has 1 unspecified atom stereocenters. The van der Waals surface area contributed by atoms with Gasteiger partial charge in [-0.25, -0.2) is 13.5 Å². The van der Waals surface area contributed by atoms with Crippen LogP contribution in [0.25, 0.3) is 0 Å². The number of hydrogen-bond donors (Lipinski definition) is 2. The SMILES string of the molecule is CCC[N+]1(SC#N)C=CN(C)C1.O=C(O)/C=C\C(=O)O. The van der Waals surface area contributed by atoms with Crippen LogP contribution in [0.15, 0.2) is 24.6 Å². The first-order valence-electron chi connectivity index (χ1n) is 5.83. The van der Waals surface area contributed by atoms with Gasteiger partial charge in [-0.15, -0.1) is 0 Å². The lowest BCUT2D eigenvalue weighted by Crippen LogP contribution is -2.37. The smallest absolute Gasteiger partial charge is 0.328 e. The summed E-state index contributed by atoms with van der Waals surface area (Å²) in [5.41, 5.74) is 0. The highest BCUT2D eigenvalue weighted by atomic mass is 32.2. The van der Waals surface area contributed by atoms with Crippen LogP contribution < -0.4 is 0 Å². The molecule has 0 radical (unpaired) electrons. The van der Waals surface area contributed by atoms with Gasteiger partial charge in [0.1, 0.15) is 6.20 Å². The number of hydrogen-bond acceptors (Lipinski definition) is 5. The summed E-state index contributed by atoms with van der Waals surface area (Å²) in [5, 5.41) is 26.4. The number of carboxylic acid groups (broad SMARTS) is 2. The van der Waals surface area contributed by atoms with Crippen molar-refractivity contribution in [1.29, 1.82) is 5.26 Å². The van der Waals surface area contributed by atoms with Gasteiger partial charge in [-0.3, -0.25) is 0 Å². The third-order valence-electron chi connectivity index (χ3n) is 2.25. The number of nitrogens with zero attached hydrogens (tertiary/aromatic N) is 3. The summed E-state index contributed by atoms with van der Waals surface area (Å²) in [6, 6.07) is 0. The summed E-state index contributed by atoms with van der Waals surface area (Å²) in [6.07, 6.45) is 6.36. The molecule has 0 aromatic heterocycles. The Morgan fingerprint density at radius 3 is 2.30 bits per heavy atom. The molecular formula is C12H18N3O4S+. The van der Waals surface area contributed by atoms with Crippen LogP contribution >= 0.6 is 11.9 Å². The molecule has 1 atom stereocenters. The van der Waals surface area contributed by atoms with E-state index in [1.165, 1.54) is 11.9 Å². The number of aliphatic carboxylic acids is 2. The fraction of sp³-hybridized carbons (Fsp3) is 0.417. The Balaban J connectivity index is 0.000000396. The molecule has 0 aromatic carbocycles. The van der Waals surface area contributed by atoms with Crippen molar-refractivity contribution < 1.29 is 23.7 Å². The van der Waals surface area contributed by atoms with E-state index in [4.69, 9.17) is 15.5 Å². The van der Waals surface area contributed by atoms with E-state index in [-0.39, 0.29) is 0 Å². The Hall–Kier alpha value is -1.98. The van der Waals surface area contributed by atoms with Crippen molar-refractivity contribution in [2.24, 2.45) is 0 Å².